The summed E-state index contributed by atoms with van der Waals surface area (Å²) < 4.78 is 5.52. The molecule has 0 aromatic carbocycles. The summed E-state index contributed by atoms with van der Waals surface area (Å²) in [5.74, 6) is 0.602. The summed E-state index contributed by atoms with van der Waals surface area (Å²) in [6.07, 6.45) is 5.41. The molecule has 2 unspecified atom stereocenters. The van der Waals surface area contributed by atoms with Crippen LogP contribution in [0.15, 0.2) is 0 Å². The standard InChI is InChI=1S/C14H26N2O2/c1-14(2,3)18-13(17)16-9-5-4-6-11(15)12(16)10-7-8-10/h10-12H,4-9,15H2,1-3H3. The largest absolute Gasteiger partial charge is 0.444 e. The van der Waals surface area contributed by atoms with Crippen LogP contribution in [0.3, 0.4) is 0 Å². The van der Waals surface area contributed by atoms with E-state index in [1.165, 1.54) is 12.8 Å². The molecule has 0 aromatic heterocycles. The number of hydrogen-bond donors (Lipinski definition) is 1. The molecule has 1 heterocycles. The van der Waals surface area contributed by atoms with E-state index in [9.17, 15) is 4.79 Å². The van der Waals surface area contributed by atoms with Crippen molar-refractivity contribution in [1.29, 1.82) is 0 Å². The van der Waals surface area contributed by atoms with E-state index in [1.807, 2.05) is 25.7 Å². The van der Waals surface area contributed by atoms with Gasteiger partial charge in [-0.15, -0.1) is 0 Å². The van der Waals surface area contributed by atoms with Crippen LogP contribution in [-0.2, 0) is 4.74 Å². The van der Waals surface area contributed by atoms with E-state index >= 15 is 0 Å². The first-order valence-electron chi connectivity index (χ1n) is 7.14. The van der Waals surface area contributed by atoms with Crippen molar-refractivity contribution in [3.05, 3.63) is 0 Å². The number of amides is 1. The monoisotopic (exact) mass is 254 g/mol. The number of nitrogens with two attached hydrogens (primary N) is 1. The van der Waals surface area contributed by atoms with E-state index in [0.29, 0.717) is 5.92 Å². The summed E-state index contributed by atoms with van der Waals surface area (Å²) in [5, 5.41) is 0. The van der Waals surface area contributed by atoms with Gasteiger partial charge in [-0.25, -0.2) is 4.79 Å². The van der Waals surface area contributed by atoms with Crippen molar-refractivity contribution < 1.29 is 9.53 Å². The smallest absolute Gasteiger partial charge is 0.410 e. The molecular weight excluding hydrogens is 228 g/mol. The van der Waals surface area contributed by atoms with Gasteiger partial charge in [0.1, 0.15) is 5.60 Å². The zero-order valence-electron chi connectivity index (χ0n) is 11.8. The molecule has 0 radical (unpaired) electrons. The predicted octanol–water partition coefficient (Wildman–Crippen LogP) is 2.51. The van der Waals surface area contributed by atoms with Gasteiger partial charge in [-0.1, -0.05) is 6.42 Å². The van der Waals surface area contributed by atoms with Crippen LogP contribution in [0.25, 0.3) is 0 Å². The fourth-order valence-electron chi connectivity index (χ4n) is 2.79. The van der Waals surface area contributed by atoms with Gasteiger partial charge in [0.2, 0.25) is 0 Å². The summed E-state index contributed by atoms with van der Waals surface area (Å²) in [4.78, 5) is 14.2. The third-order valence-corrected chi connectivity index (χ3v) is 3.72. The quantitative estimate of drug-likeness (QED) is 0.782. The van der Waals surface area contributed by atoms with Crippen LogP contribution in [0.2, 0.25) is 0 Å². The van der Waals surface area contributed by atoms with Crippen LogP contribution in [0.1, 0.15) is 52.9 Å². The topological polar surface area (TPSA) is 55.6 Å². The van der Waals surface area contributed by atoms with Gasteiger partial charge in [0.15, 0.2) is 0 Å². The molecule has 1 saturated heterocycles. The Hall–Kier alpha value is -0.770. The Morgan fingerprint density at radius 2 is 1.89 bits per heavy atom. The average molecular weight is 254 g/mol. The molecule has 1 saturated carbocycles. The minimum atomic E-state index is -0.429. The van der Waals surface area contributed by atoms with Crippen LogP contribution in [0.5, 0.6) is 0 Å². The second kappa shape index (κ2) is 5.08. The molecule has 1 aliphatic carbocycles. The fourth-order valence-corrected chi connectivity index (χ4v) is 2.79. The van der Waals surface area contributed by atoms with Gasteiger partial charge in [-0.05, 0) is 52.4 Å². The number of ether oxygens (including phenoxy) is 1. The maximum Gasteiger partial charge on any atom is 0.410 e. The van der Waals surface area contributed by atoms with E-state index < -0.39 is 5.60 Å². The summed E-state index contributed by atoms with van der Waals surface area (Å²) >= 11 is 0. The van der Waals surface area contributed by atoms with Gasteiger partial charge in [0, 0.05) is 12.6 Å². The minimum Gasteiger partial charge on any atom is -0.444 e. The van der Waals surface area contributed by atoms with Crippen molar-refractivity contribution in [2.75, 3.05) is 6.54 Å². The third-order valence-electron chi connectivity index (χ3n) is 3.72. The summed E-state index contributed by atoms with van der Waals surface area (Å²) in [6, 6.07) is 0.315. The first kappa shape index (κ1) is 13.7. The molecule has 104 valence electrons. The molecule has 2 fully saturated rings. The number of likely N-dealkylation sites (tertiary alicyclic amines) is 1. The predicted molar refractivity (Wildman–Crippen MR) is 71.3 cm³/mol. The van der Waals surface area contributed by atoms with E-state index in [0.717, 1.165) is 25.8 Å². The maximum atomic E-state index is 12.3. The zero-order chi connectivity index (χ0) is 13.3. The number of rotatable bonds is 1. The highest BCUT2D eigenvalue weighted by atomic mass is 16.6. The van der Waals surface area contributed by atoms with Crippen LogP contribution in [-0.4, -0.2) is 35.2 Å². The molecule has 2 atom stereocenters. The Labute approximate surface area is 110 Å². The van der Waals surface area contributed by atoms with Crippen molar-refractivity contribution in [3.8, 4) is 0 Å². The van der Waals surface area contributed by atoms with Gasteiger partial charge in [0.25, 0.3) is 0 Å². The average Bonchev–Trinajstić information content (AvgIpc) is 3.01. The van der Waals surface area contributed by atoms with Gasteiger partial charge in [-0.2, -0.15) is 0 Å². The minimum absolute atomic E-state index is 0.118. The van der Waals surface area contributed by atoms with Crippen molar-refractivity contribution in [3.63, 3.8) is 0 Å². The molecule has 0 bridgehead atoms. The van der Waals surface area contributed by atoms with E-state index in [1.54, 1.807) is 0 Å². The number of nitrogens with zero attached hydrogens (tertiary/aromatic N) is 1. The van der Waals surface area contributed by atoms with E-state index in [-0.39, 0.29) is 18.2 Å². The third kappa shape index (κ3) is 3.37. The van der Waals surface area contributed by atoms with Crippen molar-refractivity contribution in [1.82, 2.24) is 4.90 Å². The lowest BCUT2D eigenvalue weighted by Gasteiger charge is -2.35. The van der Waals surface area contributed by atoms with Crippen molar-refractivity contribution in [2.45, 2.75) is 70.6 Å². The summed E-state index contributed by atoms with van der Waals surface area (Å²) in [7, 11) is 0. The highest BCUT2D eigenvalue weighted by Crippen LogP contribution is 2.39. The van der Waals surface area contributed by atoms with Gasteiger partial charge in [-0.3, -0.25) is 0 Å². The summed E-state index contributed by atoms with van der Waals surface area (Å²) in [5.41, 5.74) is 5.83. The highest BCUT2D eigenvalue weighted by molar-refractivity contribution is 5.69. The SMILES string of the molecule is CC(C)(C)OC(=O)N1CCCCC(N)C1C1CC1. The normalized spacial score (nSPS) is 29.9. The fraction of sp³-hybridized carbons (Fsp3) is 0.929. The second-order valence-corrected chi connectivity index (χ2v) is 6.66. The Morgan fingerprint density at radius 1 is 1.22 bits per heavy atom. The van der Waals surface area contributed by atoms with E-state index in [2.05, 4.69) is 0 Å². The van der Waals surface area contributed by atoms with Crippen LogP contribution in [0, 0.1) is 5.92 Å². The Bertz CT molecular complexity index is 307. The van der Waals surface area contributed by atoms with E-state index in [4.69, 9.17) is 10.5 Å². The lowest BCUT2D eigenvalue weighted by atomic mass is 10.00. The molecule has 2 rings (SSSR count). The van der Waals surface area contributed by atoms with Gasteiger partial charge >= 0.3 is 6.09 Å². The molecule has 2 N–H and O–H groups in total. The molecule has 0 spiro atoms. The summed E-state index contributed by atoms with van der Waals surface area (Å²) in [6.45, 7) is 6.53. The lowest BCUT2D eigenvalue weighted by molar-refractivity contribution is 0.0126. The number of carbonyl (C=O) groups excluding carboxylic acids is 1. The van der Waals surface area contributed by atoms with Crippen LogP contribution < -0.4 is 5.73 Å². The molecule has 0 aromatic rings. The molecule has 4 heteroatoms. The molecule has 18 heavy (non-hydrogen) atoms. The molecule has 1 amide bonds. The number of hydrogen-bond acceptors (Lipinski definition) is 3. The first-order valence-corrected chi connectivity index (χ1v) is 7.14. The van der Waals surface area contributed by atoms with Crippen LogP contribution >= 0.6 is 0 Å². The van der Waals surface area contributed by atoms with Crippen LogP contribution in [0.4, 0.5) is 4.79 Å². The molecular formula is C14H26N2O2. The first-order chi connectivity index (χ1) is 8.38. The van der Waals surface area contributed by atoms with Gasteiger partial charge in [0.05, 0.1) is 6.04 Å². The molecule has 1 aliphatic heterocycles. The highest BCUT2D eigenvalue weighted by Gasteiger charge is 2.42. The lowest BCUT2D eigenvalue weighted by Crippen LogP contribution is -2.52. The maximum absolute atomic E-state index is 12.3. The second-order valence-electron chi connectivity index (χ2n) is 6.66. The number of carbonyl (C=O) groups is 1. The molecule has 4 nitrogen and oxygen atoms in total. The Balaban J connectivity index is 2.08. The molecule has 2 aliphatic rings. The Kier molecular flexibility index (Phi) is 3.85. The Morgan fingerprint density at radius 3 is 2.44 bits per heavy atom. The zero-order valence-corrected chi connectivity index (χ0v) is 11.8. The van der Waals surface area contributed by atoms with Gasteiger partial charge < -0.3 is 15.4 Å². The van der Waals surface area contributed by atoms with Crippen molar-refractivity contribution in [2.24, 2.45) is 11.7 Å². The van der Waals surface area contributed by atoms with Crippen molar-refractivity contribution >= 4 is 6.09 Å².